The van der Waals surface area contributed by atoms with Crippen molar-refractivity contribution in [2.24, 2.45) is 0 Å². The molecule has 2 amide bonds. The van der Waals surface area contributed by atoms with Crippen LogP contribution in [0.25, 0.3) is 0 Å². The van der Waals surface area contributed by atoms with E-state index < -0.39 is 0 Å². The molecule has 0 bridgehead atoms. The monoisotopic (exact) mass is 355 g/mol. The number of carbonyl (C=O) groups is 2. The Morgan fingerprint density at radius 3 is 2.38 bits per heavy atom. The van der Waals surface area contributed by atoms with Crippen LogP contribution in [-0.2, 0) is 17.8 Å². The topological polar surface area (TPSA) is 70.7 Å². The molecule has 0 atom stereocenters. The summed E-state index contributed by atoms with van der Waals surface area (Å²) in [6, 6.07) is 14.4. The number of benzene rings is 2. The standard InChI is InChI=1S/C20H25N3O3/c1-4-26-19(24)17-8-10-18(11-9-17)22-20(25)21-13-15-6-5-7-16(12-15)14-23(2)3/h5-12H,4,13-14H2,1-3H3,(H2,21,22,25). The first-order chi connectivity index (χ1) is 12.5. The molecule has 0 fully saturated rings. The lowest BCUT2D eigenvalue weighted by Crippen LogP contribution is -2.28. The maximum atomic E-state index is 12.0. The molecular formula is C20H25N3O3. The number of urea groups is 1. The molecule has 2 rings (SSSR count). The Morgan fingerprint density at radius 1 is 1.04 bits per heavy atom. The average molecular weight is 355 g/mol. The fourth-order valence-corrected chi connectivity index (χ4v) is 2.46. The number of nitrogens with one attached hydrogen (secondary N) is 2. The van der Waals surface area contributed by atoms with Gasteiger partial charge in [-0.05, 0) is 56.4 Å². The molecule has 26 heavy (non-hydrogen) atoms. The molecule has 2 N–H and O–H groups in total. The van der Waals surface area contributed by atoms with E-state index >= 15 is 0 Å². The molecule has 6 heteroatoms. The summed E-state index contributed by atoms with van der Waals surface area (Å²) >= 11 is 0. The summed E-state index contributed by atoms with van der Waals surface area (Å²) in [5.74, 6) is -0.374. The first-order valence-electron chi connectivity index (χ1n) is 8.52. The predicted octanol–water partition coefficient (Wildman–Crippen LogP) is 3.25. The maximum Gasteiger partial charge on any atom is 0.338 e. The molecule has 0 unspecified atom stereocenters. The van der Waals surface area contributed by atoms with Crippen molar-refractivity contribution in [3.8, 4) is 0 Å². The van der Waals surface area contributed by atoms with E-state index in [1.165, 1.54) is 5.56 Å². The molecule has 0 heterocycles. The highest BCUT2D eigenvalue weighted by atomic mass is 16.5. The zero-order valence-corrected chi connectivity index (χ0v) is 15.4. The van der Waals surface area contributed by atoms with Crippen LogP contribution in [0.1, 0.15) is 28.4 Å². The van der Waals surface area contributed by atoms with Crippen molar-refractivity contribution in [2.75, 3.05) is 26.0 Å². The van der Waals surface area contributed by atoms with Crippen LogP contribution in [0.2, 0.25) is 0 Å². The number of esters is 1. The van der Waals surface area contributed by atoms with Crippen LogP contribution in [0.15, 0.2) is 48.5 Å². The average Bonchev–Trinajstić information content (AvgIpc) is 2.60. The Hall–Kier alpha value is -2.86. The summed E-state index contributed by atoms with van der Waals surface area (Å²) < 4.78 is 4.93. The van der Waals surface area contributed by atoms with Gasteiger partial charge in [0.2, 0.25) is 0 Å². The quantitative estimate of drug-likeness (QED) is 0.748. The fraction of sp³-hybridized carbons (Fsp3) is 0.300. The number of nitrogens with zero attached hydrogens (tertiary/aromatic N) is 1. The van der Waals surface area contributed by atoms with Gasteiger partial charge in [0.05, 0.1) is 12.2 Å². The van der Waals surface area contributed by atoms with Gasteiger partial charge in [-0.15, -0.1) is 0 Å². The minimum atomic E-state index is -0.374. The number of hydrogen-bond acceptors (Lipinski definition) is 4. The zero-order chi connectivity index (χ0) is 18.9. The largest absolute Gasteiger partial charge is 0.462 e. The van der Waals surface area contributed by atoms with E-state index in [0.717, 1.165) is 12.1 Å². The van der Waals surface area contributed by atoms with Crippen LogP contribution in [-0.4, -0.2) is 37.6 Å². The van der Waals surface area contributed by atoms with E-state index in [4.69, 9.17) is 4.74 Å². The summed E-state index contributed by atoms with van der Waals surface area (Å²) in [6.07, 6.45) is 0. The Kier molecular flexibility index (Phi) is 7.17. The highest BCUT2D eigenvalue weighted by Crippen LogP contribution is 2.11. The van der Waals surface area contributed by atoms with Gasteiger partial charge >= 0.3 is 12.0 Å². The summed E-state index contributed by atoms with van der Waals surface area (Å²) in [4.78, 5) is 25.8. The zero-order valence-electron chi connectivity index (χ0n) is 15.4. The van der Waals surface area contributed by atoms with E-state index in [-0.39, 0.29) is 12.0 Å². The molecule has 0 aliphatic heterocycles. The van der Waals surface area contributed by atoms with Gasteiger partial charge in [0.1, 0.15) is 0 Å². The van der Waals surface area contributed by atoms with Crippen molar-refractivity contribution in [1.82, 2.24) is 10.2 Å². The smallest absolute Gasteiger partial charge is 0.338 e. The van der Waals surface area contributed by atoms with Crippen molar-refractivity contribution < 1.29 is 14.3 Å². The third-order valence-electron chi connectivity index (χ3n) is 3.60. The summed E-state index contributed by atoms with van der Waals surface area (Å²) in [5.41, 5.74) is 3.30. The predicted molar refractivity (Wildman–Crippen MR) is 102 cm³/mol. The van der Waals surface area contributed by atoms with E-state index in [1.807, 2.05) is 26.2 Å². The van der Waals surface area contributed by atoms with Gasteiger partial charge in [-0.3, -0.25) is 0 Å². The van der Waals surface area contributed by atoms with Crippen molar-refractivity contribution >= 4 is 17.7 Å². The first kappa shape index (κ1) is 19.5. The van der Waals surface area contributed by atoms with Crippen LogP contribution in [0.5, 0.6) is 0 Å². The summed E-state index contributed by atoms with van der Waals surface area (Å²) in [6.45, 7) is 3.38. The van der Waals surface area contributed by atoms with Crippen LogP contribution in [0.3, 0.4) is 0 Å². The maximum absolute atomic E-state index is 12.0. The molecular weight excluding hydrogens is 330 g/mol. The SMILES string of the molecule is CCOC(=O)c1ccc(NC(=O)NCc2cccc(CN(C)C)c2)cc1. The fourth-order valence-electron chi connectivity index (χ4n) is 2.46. The second-order valence-corrected chi connectivity index (χ2v) is 6.16. The van der Waals surface area contributed by atoms with Gasteiger partial charge in [-0.25, -0.2) is 9.59 Å². The van der Waals surface area contributed by atoms with Crippen LogP contribution in [0, 0.1) is 0 Å². The van der Waals surface area contributed by atoms with E-state index in [0.29, 0.717) is 24.4 Å². The highest BCUT2D eigenvalue weighted by Gasteiger charge is 2.07. The number of rotatable bonds is 7. The van der Waals surface area contributed by atoms with Gasteiger partial charge < -0.3 is 20.3 Å². The van der Waals surface area contributed by atoms with Crippen molar-refractivity contribution in [3.05, 3.63) is 65.2 Å². The lowest BCUT2D eigenvalue weighted by atomic mass is 10.1. The molecule has 2 aromatic carbocycles. The van der Waals surface area contributed by atoms with Crippen molar-refractivity contribution in [1.29, 1.82) is 0 Å². The lowest BCUT2D eigenvalue weighted by molar-refractivity contribution is 0.0526. The number of amides is 2. The Morgan fingerprint density at radius 2 is 1.73 bits per heavy atom. The number of anilines is 1. The van der Waals surface area contributed by atoms with Gasteiger partial charge in [0.25, 0.3) is 0 Å². The lowest BCUT2D eigenvalue weighted by Gasteiger charge is -2.12. The second-order valence-electron chi connectivity index (χ2n) is 6.16. The molecule has 138 valence electrons. The van der Waals surface area contributed by atoms with Crippen molar-refractivity contribution in [2.45, 2.75) is 20.0 Å². The number of hydrogen-bond donors (Lipinski definition) is 2. The minimum absolute atomic E-state index is 0.299. The molecule has 2 aromatic rings. The third kappa shape index (κ3) is 6.22. The number of carbonyl (C=O) groups excluding carboxylic acids is 2. The van der Waals surface area contributed by atoms with Gasteiger partial charge in [0, 0.05) is 18.8 Å². The van der Waals surface area contributed by atoms with Gasteiger partial charge in [0.15, 0.2) is 0 Å². The van der Waals surface area contributed by atoms with E-state index in [1.54, 1.807) is 31.2 Å². The van der Waals surface area contributed by atoms with Crippen molar-refractivity contribution in [3.63, 3.8) is 0 Å². The molecule has 0 aliphatic carbocycles. The molecule has 0 spiro atoms. The summed E-state index contributed by atoms with van der Waals surface area (Å²) in [7, 11) is 4.04. The van der Waals surface area contributed by atoms with Crippen LogP contribution < -0.4 is 10.6 Å². The highest BCUT2D eigenvalue weighted by molar-refractivity contribution is 5.92. The van der Waals surface area contributed by atoms with E-state index in [2.05, 4.69) is 27.7 Å². The Labute approximate surface area is 154 Å². The van der Waals surface area contributed by atoms with Gasteiger partial charge in [-0.2, -0.15) is 0 Å². The Bertz CT molecular complexity index is 742. The molecule has 0 radical (unpaired) electrons. The first-order valence-corrected chi connectivity index (χ1v) is 8.52. The molecule has 0 saturated carbocycles. The van der Waals surface area contributed by atoms with E-state index in [9.17, 15) is 9.59 Å². The Balaban J connectivity index is 1.86. The molecule has 0 saturated heterocycles. The summed E-state index contributed by atoms with van der Waals surface area (Å²) in [5, 5.41) is 5.58. The minimum Gasteiger partial charge on any atom is -0.462 e. The van der Waals surface area contributed by atoms with Gasteiger partial charge in [-0.1, -0.05) is 24.3 Å². The second kappa shape index (κ2) is 9.58. The van der Waals surface area contributed by atoms with Crippen LogP contribution in [0.4, 0.5) is 10.5 Å². The normalized spacial score (nSPS) is 10.5. The number of ether oxygens (including phenoxy) is 1. The van der Waals surface area contributed by atoms with Crippen LogP contribution >= 0.6 is 0 Å². The molecule has 0 aromatic heterocycles. The third-order valence-corrected chi connectivity index (χ3v) is 3.60. The molecule has 0 aliphatic rings. The molecule has 6 nitrogen and oxygen atoms in total.